The van der Waals surface area contributed by atoms with Crippen molar-refractivity contribution in [2.45, 2.75) is 19.5 Å². The minimum Gasteiger partial charge on any atom is -0.454 e. The Hall–Kier alpha value is -2.08. The van der Waals surface area contributed by atoms with Crippen molar-refractivity contribution in [2.24, 2.45) is 0 Å². The molecule has 6 heteroatoms. The molecule has 1 aromatic carbocycles. The van der Waals surface area contributed by atoms with Crippen molar-refractivity contribution in [1.82, 2.24) is 20.1 Å². The molecule has 100 valence electrons. The van der Waals surface area contributed by atoms with Crippen LogP contribution in [-0.2, 0) is 6.54 Å². The Morgan fingerprint density at radius 3 is 3.05 bits per heavy atom. The zero-order valence-corrected chi connectivity index (χ0v) is 10.7. The summed E-state index contributed by atoms with van der Waals surface area (Å²) in [6.07, 6.45) is 3.26. The summed E-state index contributed by atoms with van der Waals surface area (Å²) in [7, 11) is 0. The van der Waals surface area contributed by atoms with Gasteiger partial charge >= 0.3 is 0 Å². The maximum atomic E-state index is 5.42. The molecule has 0 fully saturated rings. The van der Waals surface area contributed by atoms with Gasteiger partial charge in [-0.05, 0) is 24.2 Å². The quantitative estimate of drug-likeness (QED) is 0.879. The molecule has 0 saturated heterocycles. The van der Waals surface area contributed by atoms with Gasteiger partial charge in [-0.15, -0.1) is 0 Å². The highest BCUT2D eigenvalue weighted by Crippen LogP contribution is 2.34. The minimum absolute atomic E-state index is 0.168. The maximum Gasteiger partial charge on any atom is 0.231 e. The molecule has 0 radical (unpaired) electrons. The molecule has 3 rings (SSSR count). The molecule has 0 bridgehead atoms. The van der Waals surface area contributed by atoms with Gasteiger partial charge in [0, 0.05) is 0 Å². The van der Waals surface area contributed by atoms with Crippen LogP contribution in [-0.4, -0.2) is 28.1 Å². The largest absolute Gasteiger partial charge is 0.454 e. The molecule has 2 aromatic rings. The third-order valence-corrected chi connectivity index (χ3v) is 3.09. The summed E-state index contributed by atoms with van der Waals surface area (Å²) < 4.78 is 12.6. The SMILES string of the molecule is CCNC(Cn1cncn1)c1ccc2c(c1)OCO2. The van der Waals surface area contributed by atoms with E-state index in [2.05, 4.69) is 28.4 Å². The van der Waals surface area contributed by atoms with E-state index in [1.165, 1.54) is 0 Å². The van der Waals surface area contributed by atoms with Crippen LogP contribution in [0.15, 0.2) is 30.9 Å². The van der Waals surface area contributed by atoms with Gasteiger partial charge in [-0.2, -0.15) is 5.10 Å². The third kappa shape index (κ3) is 2.53. The average molecular weight is 260 g/mol. The van der Waals surface area contributed by atoms with Gasteiger partial charge in [-0.3, -0.25) is 4.68 Å². The molecule has 1 aliphatic rings. The van der Waals surface area contributed by atoms with Crippen molar-refractivity contribution in [1.29, 1.82) is 0 Å². The topological polar surface area (TPSA) is 61.2 Å². The van der Waals surface area contributed by atoms with E-state index in [-0.39, 0.29) is 6.04 Å². The minimum atomic E-state index is 0.168. The summed E-state index contributed by atoms with van der Waals surface area (Å²) in [6, 6.07) is 6.19. The van der Waals surface area contributed by atoms with E-state index in [1.54, 1.807) is 12.7 Å². The van der Waals surface area contributed by atoms with Gasteiger partial charge in [0.2, 0.25) is 6.79 Å². The number of ether oxygens (including phenoxy) is 2. The zero-order chi connectivity index (χ0) is 13.1. The molecule has 0 amide bonds. The Labute approximate surface area is 111 Å². The fraction of sp³-hybridized carbons (Fsp3) is 0.385. The molecule has 2 heterocycles. The molecule has 6 nitrogen and oxygen atoms in total. The van der Waals surface area contributed by atoms with E-state index in [9.17, 15) is 0 Å². The molecule has 19 heavy (non-hydrogen) atoms. The fourth-order valence-electron chi connectivity index (χ4n) is 2.18. The summed E-state index contributed by atoms with van der Waals surface area (Å²) >= 11 is 0. The fourth-order valence-corrected chi connectivity index (χ4v) is 2.18. The second-order valence-electron chi connectivity index (χ2n) is 4.34. The van der Waals surface area contributed by atoms with Crippen LogP contribution in [0.1, 0.15) is 18.5 Å². The molecule has 0 aliphatic carbocycles. The standard InChI is InChI=1S/C13H16N4O2/c1-2-15-11(6-17-8-14-7-16-17)10-3-4-12-13(5-10)19-9-18-12/h3-5,7-8,11,15H,2,6,9H2,1H3. The summed E-state index contributed by atoms with van der Waals surface area (Å²) in [6.45, 7) is 4.00. The molecular weight excluding hydrogens is 244 g/mol. The lowest BCUT2D eigenvalue weighted by Gasteiger charge is -2.18. The molecular formula is C13H16N4O2. The summed E-state index contributed by atoms with van der Waals surface area (Å²) in [4.78, 5) is 3.97. The molecule has 1 aliphatic heterocycles. The van der Waals surface area contributed by atoms with Crippen LogP contribution in [0.2, 0.25) is 0 Å². The van der Waals surface area contributed by atoms with E-state index in [4.69, 9.17) is 9.47 Å². The highest BCUT2D eigenvalue weighted by molar-refractivity contribution is 5.45. The second kappa shape index (κ2) is 5.27. The van der Waals surface area contributed by atoms with Crippen molar-refractivity contribution in [3.05, 3.63) is 36.4 Å². The lowest BCUT2D eigenvalue weighted by molar-refractivity contribution is 0.174. The van der Waals surface area contributed by atoms with Crippen LogP contribution in [0.3, 0.4) is 0 Å². The van der Waals surface area contributed by atoms with Crippen molar-refractivity contribution in [2.75, 3.05) is 13.3 Å². The first-order valence-corrected chi connectivity index (χ1v) is 6.32. The molecule has 1 unspecified atom stereocenters. The first-order valence-electron chi connectivity index (χ1n) is 6.32. The van der Waals surface area contributed by atoms with Gasteiger partial charge in [0.05, 0.1) is 12.6 Å². The van der Waals surface area contributed by atoms with Crippen LogP contribution in [0, 0.1) is 0 Å². The predicted octanol–water partition coefficient (Wildman–Crippen LogP) is 1.36. The molecule has 1 aromatic heterocycles. The normalized spacial score (nSPS) is 14.6. The van der Waals surface area contributed by atoms with Crippen LogP contribution >= 0.6 is 0 Å². The van der Waals surface area contributed by atoms with Gasteiger partial charge in [0.25, 0.3) is 0 Å². The van der Waals surface area contributed by atoms with Crippen LogP contribution < -0.4 is 14.8 Å². The number of rotatable bonds is 5. The highest BCUT2D eigenvalue weighted by Gasteiger charge is 2.18. The van der Waals surface area contributed by atoms with Crippen LogP contribution in [0.25, 0.3) is 0 Å². The van der Waals surface area contributed by atoms with Gasteiger partial charge in [0.15, 0.2) is 11.5 Å². The Kier molecular flexibility index (Phi) is 3.33. The first-order chi connectivity index (χ1) is 9.36. The summed E-state index contributed by atoms with van der Waals surface area (Å²) in [5.74, 6) is 1.61. The number of nitrogens with one attached hydrogen (secondary N) is 1. The van der Waals surface area contributed by atoms with Gasteiger partial charge < -0.3 is 14.8 Å². The smallest absolute Gasteiger partial charge is 0.231 e. The number of aromatic nitrogens is 3. The van der Waals surface area contributed by atoms with E-state index in [0.717, 1.165) is 30.2 Å². The number of hydrogen-bond donors (Lipinski definition) is 1. The number of hydrogen-bond acceptors (Lipinski definition) is 5. The van der Waals surface area contributed by atoms with Gasteiger partial charge in [-0.1, -0.05) is 13.0 Å². The van der Waals surface area contributed by atoms with Crippen molar-refractivity contribution < 1.29 is 9.47 Å². The van der Waals surface area contributed by atoms with E-state index in [0.29, 0.717) is 6.79 Å². The summed E-state index contributed by atoms with van der Waals surface area (Å²) in [5, 5.41) is 7.59. The number of fused-ring (bicyclic) bond motifs is 1. The van der Waals surface area contributed by atoms with Gasteiger partial charge in [0.1, 0.15) is 12.7 Å². The lowest BCUT2D eigenvalue weighted by atomic mass is 10.1. The van der Waals surface area contributed by atoms with Crippen LogP contribution in [0.5, 0.6) is 11.5 Å². The lowest BCUT2D eigenvalue weighted by Crippen LogP contribution is -2.25. The Balaban J connectivity index is 1.83. The van der Waals surface area contributed by atoms with Gasteiger partial charge in [-0.25, -0.2) is 4.98 Å². The van der Waals surface area contributed by atoms with Crippen molar-refractivity contribution in [3.63, 3.8) is 0 Å². The Morgan fingerprint density at radius 2 is 2.26 bits per heavy atom. The third-order valence-electron chi connectivity index (χ3n) is 3.09. The maximum absolute atomic E-state index is 5.42. The highest BCUT2D eigenvalue weighted by atomic mass is 16.7. The van der Waals surface area contributed by atoms with Crippen molar-refractivity contribution >= 4 is 0 Å². The second-order valence-corrected chi connectivity index (χ2v) is 4.34. The number of nitrogens with zero attached hydrogens (tertiary/aromatic N) is 3. The molecule has 0 saturated carbocycles. The van der Waals surface area contributed by atoms with E-state index >= 15 is 0 Å². The summed E-state index contributed by atoms with van der Waals surface area (Å²) in [5.41, 5.74) is 1.15. The predicted molar refractivity (Wildman–Crippen MR) is 69.0 cm³/mol. The average Bonchev–Trinajstić information content (AvgIpc) is 3.08. The van der Waals surface area contributed by atoms with E-state index < -0.39 is 0 Å². The molecule has 1 atom stereocenters. The molecule has 0 spiro atoms. The van der Waals surface area contributed by atoms with E-state index in [1.807, 2.05) is 16.8 Å². The number of likely N-dealkylation sites (N-methyl/N-ethyl adjacent to an activating group) is 1. The zero-order valence-electron chi connectivity index (χ0n) is 10.7. The first kappa shape index (κ1) is 12.0. The number of benzene rings is 1. The Bertz CT molecular complexity index is 542. The molecule has 1 N–H and O–H groups in total. The van der Waals surface area contributed by atoms with Crippen LogP contribution in [0.4, 0.5) is 0 Å². The Morgan fingerprint density at radius 1 is 1.37 bits per heavy atom. The van der Waals surface area contributed by atoms with Crippen molar-refractivity contribution in [3.8, 4) is 11.5 Å². The monoisotopic (exact) mass is 260 g/mol.